The van der Waals surface area contributed by atoms with E-state index >= 15 is 0 Å². The molecule has 3 rings (SSSR count). The molecule has 0 saturated carbocycles. The van der Waals surface area contributed by atoms with Crippen LogP contribution in [0.5, 0.6) is 0 Å². The molecule has 118 valence electrons. The van der Waals surface area contributed by atoms with Crippen LogP contribution in [0.15, 0.2) is 60.7 Å². The van der Waals surface area contributed by atoms with Crippen LogP contribution in [-0.4, -0.2) is 29.5 Å². The lowest BCUT2D eigenvalue weighted by Gasteiger charge is -2.31. The predicted octanol–water partition coefficient (Wildman–Crippen LogP) is 1.69. The summed E-state index contributed by atoms with van der Waals surface area (Å²) < 4.78 is 0. The van der Waals surface area contributed by atoms with Crippen LogP contribution in [0.25, 0.3) is 0 Å². The Bertz CT molecular complexity index is 673. The first kappa shape index (κ1) is 15.2. The number of nitrogens with zero attached hydrogens (tertiary/aromatic N) is 1. The highest BCUT2D eigenvalue weighted by molar-refractivity contribution is 5.94. The van der Waals surface area contributed by atoms with E-state index in [2.05, 4.69) is 5.32 Å². The van der Waals surface area contributed by atoms with Crippen molar-refractivity contribution in [2.75, 3.05) is 6.54 Å². The molecule has 2 aromatic rings. The van der Waals surface area contributed by atoms with E-state index in [9.17, 15) is 9.59 Å². The molecule has 0 unspecified atom stereocenters. The standard InChI is InChI=1S/C18H18N2O3/c21-17-12-20(23-13-15-9-5-2-6-10-15)18(22)16(19-17)11-14-7-3-1-4-8-14/h1-10,16H,11-13H2,(H,19,21)/t16-/m0/s1. The minimum absolute atomic E-state index is 0.0725. The lowest BCUT2D eigenvalue weighted by atomic mass is 10.0. The number of nitrogens with one attached hydrogen (secondary N) is 1. The highest BCUT2D eigenvalue weighted by Gasteiger charge is 2.33. The smallest absolute Gasteiger partial charge is 0.269 e. The van der Waals surface area contributed by atoms with Crippen molar-refractivity contribution in [3.05, 3.63) is 71.8 Å². The SMILES string of the molecule is O=C1CN(OCc2ccccc2)C(=O)[C@H](Cc2ccccc2)N1. The van der Waals surface area contributed by atoms with Crippen molar-refractivity contribution >= 4 is 11.8 Å². The van der Waals surface area contributed by atoms with E-state index < -0.39 is 6.04 Å². The Labute approximate surface area is 134 Å². The third kappa shape index (κ3) is 3.96. The van der Waals surface area contributed by atoms with Crippen LogP contribution in [0.4, 0.5) is 0 Å². The fraction of sp³-hybridized carbons (Fsp3) is 0.222. The molecule has 1 saturated heterocycles. The van der Waals surface area contributed by atoms with Crippen molar-refractivity contribution in [2.45, 2.75) is 19.1 Å². The Morgan fingerprint density at radius 1 is 0.957 bits per heavy atom. The number of rotatable bonds is 5. The van der Waals surface area contributed by atoms with E-state index in [0.29, 0.717) is 6.42 Å². The first-order valence-corrected chi connectivity index (χ1v) is 7.54. The molecular formula is C18H18N2O3. The van der Waals surface area contributed by atoms with E-state index in [1.54, 1.807) is 0 Å². The van der Waals surface area contributed by atoms with Crippen molar-refractivity contribution in [1.29, 1.82) is 0 Å². The van der Waals surface area contributed by atoms with Gasteiger partial charge in [-0.2, -0.15) is 0 Å². The number of benzene rings is 2. The lowest BCUT2D eigenvalue weighted by Crippen LogP contribution is -2.58. The van der Waals surface area contributed by atoms with Gasteiger partial charge in [0.1, 0.15) is 19.2 Å². The van der Waals surface area contributed by atoms with E-state index in [0.717, 1.165) is 11.1 Å². The molecule has 23 heavy (non-hydrogen) atoms. The number of amides is 2. The van der Waals surface area contributed by atoms with Crippen molar-refractivity contribution < 1.29 is 14.4 Å². The Balaban J connectivity index is 1.64. The zero-order chi connectivity index (χ0) is 16.1. The quantitative estimate of drug-likeness (QED) is 0.914. The Kier molecular flexibility index (Phi) is 4.68. The van der Waals surface area contributed by atoms with E-state index in [-0.39, 0.29) is 25.0 Å². The van der Waals surface area contributed by atoms with Crippen molar-refractivity contribution in [2.24, 2.45) is 0 Å². The highest BCUT2D eigenvalue weighted by atomic mass is 16.7. The second kappa shape index (κ2) is 7.07. The van der Waals surface area contributed by atoms with Gasteiger partial charge in [0.05, 0.1) is 0 Å². The number of piperazine rings is 1. The first-order valence-electron chi connectivity index (χ1n) is 7.54. The average molecular weight is 310 g/mol. The van der Waals surface area contributed by atoms with Gasteiger partial charge < -0.3 is 5.32 Å². The number of hydrogen-bond acceptors (Lipinski definition) is 3. The van der Waals surface area contributed by atoms with E-state index in [1.807, 2.05) is 60.7 Å². The Morgan fingerprint density at radius 2 is 1.57 bits per heavy atom. The Morgan fingerprint density at radius 3 is 2.22 bits per heavy atom. The molecule has 0 bridgehead atoms. The monoisotopic (exact) mass is 310 g/mol. The zero-order valence-corrected chi connectivity index (χ0v) is 12.6. The zero-order valence-electron chi connectivity index (χ0n) is 12.6. The molecule has 0 radical (unpaired) electrons. The van der Waals surface area contributed by atoms with Crippen molar-refractivity contribution in [3.8, 4) is 0 Å². The maximum Gasteiger partial charge on any atom is 0.269 e. The summed E-state index contributed by atoms with van der Waals surface area (Å²) in [7, 11) is 0. The van der Waals surface area contributed by atoms with Crippen LogP contribution < -0.4 is 5.32 Å². The van der Waals surface area contributed by atoms with Gasteiger partial charge in [-0.3, -0.25) is 14.4 Å². The molecule has 2 aromatic carbocycles. The fourth-order valence-electron chi connectivity index (χ4n) is 2.51. The molecule has 0 aromatic heterocycles. The molecule has 1 fully saturated rings. The summed E-state index contributed by atoms with van der Waals surface area (Å²) in [5.41, 5.74) is 1.95. The molecular weight excluding hydrogens is 292 g/mol. The third-order valence-corrected chi connectivity index (χ3v) is 3.68. The van der Waals surface area contributed by atoms with Gasteiger partial charge >= 0.3 is 0 Å². The highest BCUT2D eigenvalue weighted by Crippen LogP contribution is 2.11. The summed E-state index contributed by atoms with van der Waals surface area (Å²) in [6, 6.07) is 18.6. The molecule has 1 heterocycles. The van der Waals surface area contributed by atoms with Gasteiger partial charge in [0.15, 0.2) is 0 Å². The van der Waals surface area contributed by atoms with Gasteiger partial charge in [0, 0.05) is 6.42 Å². The van der Waals surface area contributed by atoms with Gasteiger partial charge in [0.25, 0.3) is 5.91 Å². The summed E-state index contributed by atoms with van der Waals surface area (Å²) in [4.78, 5) is 29.9. The predicted molar refractivity (Wildman–Crippen MR) is 85.0 cm³/mol. The molecule has 1 atom stereocenters. The van der Waals surface area contributed by atoms with Crippen molar-refractivity contribution in [1.82, 2.24) is 10.4 Å². The van der Waals surface area contributed by atoms with Crippen LogP contribution in [-0.2, 0) is 27.5 Å². The summed E-state index contributed by atoms with van der Waals surface area (Å²) in [6.07, 6.45) is 0.455. The van der Waals surface area contributed by atoms with Gasteiger partial charge in [-0.15, -0.1) is 0 Å². The second-order valence-corrected chi connectivity index (χ2v) is 5.44. The van der Waals surface area contributed by atoms with Gasteiger partial charge in [-0.25, -0.2) is 5.06 Å². The largest absolute Gasteiger partial charge is 0.342 e. The molecule has 2 amide bonds. The molecule has 1 aliphatic rings. The summed E-state index contributed by atoms with van der Waals surface area (Å²) in [6.45, 7) is 0.189. The maximum atomic E-state index is 12.5. The van der Waals surface area contributed by atoms with Crippen LogP contribution in [0.3, 0.4) is 0 Å². The third-order valence-electron chi connectivity index (χ3n) is 3.68. The Hall–Kier alpha value is -2.66. The minimum Gasteiger partial charge on any atom is -0.342 e. The second-order valence-electron chi connectivity index (χ2n) is 5.44. The summed E-state index contributed by atoms with van der Waals surface area (Å²) in [5, 5.41) is 3.90. The van der Waals surface area contributed by atoms with Crippen molar-refractivity contribution in [3.63, 3.8) is 0 Å². The molecule has 0 aliphatic carbocycles. The van der Waals surface area contributed by atoms with Crippen LogP contribution in [0, 0.1) is 0 Å². The number of carbonyl (C=O) groups is 2. The minimum atomic E-state index is -0.588. The topological polar surface area (TPSA) is 58.6 Å². The average Bonchev–Trinajstić information content (AvgIpc) is 2.58. The lowest BCUT2D eigenvalue weighted by molar-refractivity contribution is -0.200. The van der Waals surface area contributed by atoms with Crippen LogP contribution in [0.2, 0.25) is 0 Å². The molecule has 1 aliphatic heterocycles. The van der Waals surface area contributed by atoms with Crippen LogP contribution >= 0.6 is 0 Å². The maximum absolute atomic E-state index is 12.5. The normalized spacial score (nSPS) is 17.9. The summed E-state index contributed by atoms with van der Waals surface area (Å²) in [5.74, 6) is -0.428. The number of hydrogen-bond donors (Lipinski definition) is 1. The van der Waals surface area contributed by atoms with Gasteiger partial charge in [-0.05, 0) is 11.1 Å². The molecule has 5 heteroatoms. The van der Waals surface area contributed by atoms with E-state index in [1.165, 1.54) is 5.06 Å². The van der Waals surface area contributed by atoms with E-state index in [4.69, 9.17) is 4.84 Å². The fourth-order valence-corrected chi connectivity index (χ4v) is 2.51. The number of carbonyl (C=O) groups excluding carboxylic acids is 2. The van der Waals surface area contributed by atoms with Gasteiger partial charge in [0.2, 0.25) is 5.91 Å². The van der Waals surface area contributed by atoms with Gasteiger partial charge in [-0.1, -0.05) is 60.7 Å². The molecule has 0 spiro atoms. The molecule has 1 N–H and O–H groups in total. The summed E-state index contributed by atoms with van der Waals surface area (Å²) >= 11 is 0. The molecule has 5 nitrogen and oxygen atoms in total. The first-order chi connectivity index (χ1) is 11.2. The number of hydroxylamine groups is 2. The van der Waals surface area contributed by atoms with Crippen LogP contribution in [0.1, 0.15) is 11.1 Å².